The monoisotopic (exact) mass is 294 g/mol. The van der Waals surface area contributed by atoms with Gasteiger partial charge in [-0.05, 0) is 24.1 Å². The quantitative estimate of drug-likeness (QED) is 0.801. The van der Waals surface area contributed by atoms with Gasteiger partial charge in [0, 0.05) is 6.54 Å². The molecule has 5 nitrogen and oxygen atoms in total. The molecule has 0 saturated heterocycles. The van der Waals surface area contributed by atoms with Gasteiger partial charge in [-0.15, -0.1) is 0 Å². The van der Waals surface area contributed by atoms with Crippen LogP contribution in [0.4, 0.5) is 0 Å². The van der Waals surface area contributed by atoms with Gasteiger partial charge in [0.2, 0.25) is 5.82 Å². The van der Waals surface area contributed by atoms with Gasteiger partial charge in [-0.3, -0.25) is 9.36 Å². The highest BCUT2D eigenvalue weighted by molar-refractivity contribution is 5.87. The molecule has 22 heavy (non-hydrogen) atoms. The molecule has 3 aromatic rings. The molecule has 0 aliphatic heterocycles. The van der Waals surface area contributed by atoms with Crippen LogP contribution in [0, 0.1) is 0 Å². The normalized spacial score (nSPS) is 10.7. The van der Waals surface area contributed by atoms with Crippen LogP contribution in [0.5, 0.6) is 0 Å². The van der Waals surface area contributed by atoms with Gasteiger partial charge >= 0.3 is 5.97 Å². The number of hydrogen-bond donors (Lipinski definition) is 1. The molecule has 1 N–H and O–H groups in total. The second-order valence-corrected chi connectivity index (χ2v) is 4.95. The van der Waals surface area contributed by atoms with Crippen LogP contribution in [-0.2, 0) is 13.0 Å². The first-order chi connectivity index (χ1) is 10.7. The van der Waals surface area contributed by atoms with E-state index in [0.29, 0.717) is 17.3 Å². The van der Waals surface area contributed by atoms with Crippen LogP contribution in [0.1, 0.15) is 16.2 Å². The Morgan fingerprint density at radius 1 is 1.05 bits per heavy atom. The third kappa shape index (κ3) is 2.61. The summed E-state index contributed by atoms with van der Waals surface area (Å²) in [7, 11) is 0. The predicted octanol–water partition coefficient (Wildman–Crippen LogP) is 2.34. The maximum atomic E-state index is 12.5. The van der Waals surface area contributed by atoms with E-state index in [1.165, 1.54) is 4.57 Å². The van der Waals surface area contributed by atoms with Crippen LogP contribution in [0.25, 0.3) is 10.9 Å². The number of rotatable bonds is 4. The van der Waals surface area contributed by atoms with Crippen molar-refractivity contribution in [3.8, 4) is 0 Å². The molecule has 0 fully saturated rings. The lowest BCUT2D eigenvalue weighted by Crippen LogP contribution is -2.28. The molecule has 0 aliphatic rings. The Labute approximate surface area is 126 Å². The van der Waals surface area contributed by atoms with Gasteiger partial charge < -0.3 is 5.11 Å². The number of para-hydroxylation sites is 1. The molecule has 3 rings (SSSR count). The standard InChI is InChI=1S/C17H14N2O3/c20-16-13-8-4-5-9-14(13)18-15(17(21)22)19(16)11-10-12-6-2-1-3-7-12/h1-9H,10-11H2,(H,21,22). The van der Waals surface area contributed by atoms with E-state index < -0.39 is 5.97 Å². The van der Waals surface area contributed by atoms with E-state index in [4.69, 9.17) is 0 Å². The first kappa shape index (κ1) is 14.0. The van der Waals surface area contributed by atoms with Crippen molar-refractivity contribution in [2.75, 3.05) is 0 Å². The summed E-state index contributed by atoms with van der Waals surface area (Å²) < 4.78 is 1.23. The van der Waals surface area contributed by atoms with Crippen molar-refractivity contribution in [2.45, 2.75) is 13.0 Å². The summed E-state index contributed by atoms with van der Waals surface area (Å²) in [6, 6.07) is 16.4. The van der Waals surface area contributed by atoms with E-state index in [-0.39, 0.29) is 17.9 Å². The zero-order valence-corrected chi connectivity index (χ0v) is 11.8. The van der Waals surface area contributed by atoms with Crippen LogP contribution >= 0.6 is 0 Å². The largest absolute Gasteiger partial charge is 0.475 e. The SMILES string of the molecule is O=C(O)c1nc2ccccc2c(=O)n1CCc1ccccc1. The van der Waals surface area contributed by atoms with Gasteiger partial charge in [-0.1, -0.05) is 42.5 Å². The molecule has 0 amide bonds. The van der Waals surface area contributed by atoms with Gasteiger partial charge in [0.25, 0.3) is 5.56 Å². The first-order valence-electron chi connectivity index (χ1n) is 6.93. The number of nitrogens with zero attached hydrogens (tertiary/aromatic N) is 2. The highest BCUT2D eigenvalue weighted by Gasteiger charge is 2.16. The summed E-state index contributed by atoms with van der Waals surface area (Å²) in [5.74, 6) is -1.42. The Morgan fingerprint density at radius 3 is 2.45 bits per heavy atom. The Balaban J connectivity index is 2.07. The lowest BCUT2D eigenvalue weighted by molar-refractivity contribution is 0.0676. The molecule has 0 radical (unpaired) electrons. The number of fused-ring (bicyclic) bond motifs is 1. The summed E-state index contributed by atoms with van der Waals surface area (Å²) in [5, 5.41) is 9.76. The fraction of sp³-hybridized carbons (Fsp3) is 0.118. The number of carboxylic acid groups (broad SMARTS) is 1. The van der Waals surface area contributed by atoms with E-state index in [9.17, 15) is 14.7 Å². The van der Waals surface area contributed by atoms with Gasteiger partial charge in [0.1, 0.15) is 0 Å². The third-order valence-corrected chi connectivity index (χ3v) is 3.52. The summed E-state index contributed by atoms with van der Waals surface area (Å²) in [4.78, 5) is 28.1. The minimum Gasteiger partial charge on any atom is -0.475 e. The Kier molecular flexibility index (Phi) is 3.70. The van der Waals surface area contributed by atoms with Crippen LogP contribution in [0.2, 0.25) is 0 Å². The number of aryl methyl sites for hydroxylation is 1. The molecular weight excluding hydrogens is 280 g/mol. The first-order valence-corrected chi connectivity index (χ1v) is 6.93. The number of hydrogen-bond acceptors (Lipinski definition) is 3. The van der Waals surface area contributed by atoms with Crippen molar-refractivity contribution in [1.82, 2.24) is 9.55 Å². The molecule has 5 heteroatoms. The lowest BCUT2D eigenvalue weighted by Gasteiger charge is -2.10. The predicted molar refractivity (Wildman–Crippen MR) is 83.1 cm³/mol. The van der Waals surface area contributed by atoms with E-state index >= 15 is 0 Å². The van der Waals surface area contributed by atoms with Crippen molar-refractivity contribution in [3.05, 3.63) is 76.3 Å². The molecule has 0 spiro atoms. The number of carbonyl (C=O) groups is 1. The van der Waals surface area contributed by atoms with Gasteiger partial charge in [0.15, 0.2) is 0 Å². The fourth-order valence-electron chi connectivity index (χ4n) is 2.42. The zero-order valence-electron chi connectivity index (χ0n) is 11.8. The fourth-order valence-corrected chi connectivity index (χ4v) is 2.42. The average Bonchev–Trinajstić information content (AvgIpc) is 2.54. The maximum absolute atomic E-state index is 12.5. The second kappa shape index (κ2) is 5.81. The van der Waals surface area contributed by atoms with E-state index in [1.807, 2.05) is 30.3 Å². The molecule has 0 saturated carbocycles. The minimum atomic E-state index is -1.20. The highest BCUT2D eigenvalue weighted by Crippen LogP contribution is 2.09. The van der Waals surface area contributed by atoms with Crippen LogP contribution in [0.3, 0.4) is 0 Å². The molecular formula is C17H14N2O3. The van der Waals surface area contributed by atoms with E-state index in [2.05, 4.69) is 4.98 Å². The lowest BCUT2D eigenvalue weighted by atomic mass is 10.1. The molecule has 0 aliphatic carbocycles. The molecule has 2 aromatic carbocycles. The summed E-state index contributed by atoms with van der Waals surface area (Å²) in [5.41, 5.74) is 1.12. The van der Waals surface area contributed by atoms with Crippen molar-refractivity contribution >= 4 is 16.9 Å². The van der Waals surface area contributed by atoms with Gasteiger partial charge in [-0.2, -0.15) is 0 Å². The summed E-state index contributed by atoms with van der Waals surface area (Å²) >= 11 is 0. The van der Waals surface area contributed by atoms with Crippen molar-refractivity contribution in [3.63, 3.8) is 0 Å². The number of carboxylic acids is 1. The highest BCUT2D eigenvalue weighted by atomic mass is 16.4. The Hall–Kier alpha value is -2.95. The van der Waals surface area contributed by atoms with Crippen molar-refractivity contribution in [2.24, 2.45) is 0 Å². The van der Waals surface area contributed by atoms with Gasteiger partial charge in [-0.25, -0.2) is 9.78 Å². The molecule has 0 atom stereocenters. The molecule has 110 valence electrons. The molecule has 0 unspecified atom stereocenters. The number of aromatic carboxylic acids is 1. The molecule has 1 heterocycles. The molecule has 1 aromatic heterocycles. The molecule has 0 bridgehead atoms. The second-order valence-electron chi connectivity index (χ2n) is 4.95. The smallest absolute Gasteiger partial charge is 0.372 e. The Morgan fingerprint density at radius 2 is 1.73 bits per heavy atom. The van der Waals surface area contributed by atoms with Crippen molar-refractivity contribution in [1.29, 1.82) is 0 Å². The van der Waals surface area contributed by atoms with E-state index in [1.54, 1.807) is 24.3 Å². The number of aromatic nitrogens is 2. The van der Waals surface area contributed by atoms with E-state index in [0.717, 1.165) is 5.56 Å². The summed E-state index contributed by atoms with van der Waals surface area (Å²) in [6.07, 6.45) is 0.570. The Bertz CT molecular complexity index is 885. The topological polar surface area (TPSA) is 72.2 Å². The van der Waals surface area contributed by atoms with Crippen LogP contribution < -0.4 is 5.56 Å². The minimum absolute atomic E-state index is 0.223. The van der Waals surface area contributed by atoms with Crippen molar-refractivity contribution < 1.29 is 9.90 Å². The average molecular weight is 294 g/mol. The number of benzene rings is 2. The van der Waals surface area contributed by atoms with Crippen LogP contribution in [-0.4, -0.2) is 20.6 Å². The van der Waals surface area contributed by atoms with Gasteiger partial charge in [0.05, 0.1) is 10.9 Å². The zero-order chi connectivity index (χ0) is 15.5. The summed E-state index contributed by atoms with van der Waals surface area (Å²) in [6.45, 7) is 0.280. The third-order valence-electron chi connectivity index (χ3n) is 3.52. The van der Waals surface area contributed by atoms with Crippen LogP contribution in [0.15, 0.2) is 59.4 Å². The maximum Gasteiger partial charge on any atom is 0.372 e.